The maximum absolute atomic E-state index is 11.6. The van der Waals surface area contributed by atoms with E-state index in [1.165, 1.54) is 19.3 Å². The van der Waals surface area contributed by atoms with Gasteiger partial charge in [-0.15, -0.1) is 0 Å². The van der Waals surface area contributed by atoms with E-state index in [0.29, 0.717) is 17.8 Å². The van der Waals surface area contributed by atoms with Gasteiger partial charge in [0.15, 0.2) is 0 Å². The SMILES string of the molecule is NC(=O)C1(C2CC2)CC2C=CC1C2. The Bertz CT molecular complexity index is 292. The minimum Gasteiger partial charge on any atom is -0.369 e. The van der Waals surface area contributed by atoms with Crippen LogP contribution in [0.5, 0.6) is 0 Å². The first-order valence-corrected chi connectivity index (χ1v) is 5.21. The fraction of sp³-hybridized carbons (Fsp3) is 0.727. The van der Waals surface area contributed by atoms with Crippen molar-refractivity contribution in [3.8, 4) is 0 Å². The first kappa shape index (κ1) is 7.60. The molecule has 1 amide bonds. The van der Waals surface area contributed by atoms with Gasteiger partial charge in [-0.05, 0) is 43.4 Å². The standard InChI is InChI=1S/C11H15NO/c12-10(13)11(8-3-4-8)6-7-1-2-9(11)5-7/h1-2,7-9H,3-6H2,(H2,12,13). The minimum absolute atomic E-state index is 0.0353. The molecule has 0 aliphatic heterocycles. The van der Waals surface area contributed by atoms with E-state index in [2.05, 4.69) is 12.2 Å². The third-order valence-electron chi connectivity index (χ3n) is 4.20. The van der Waals surface area contributed by atoms with Crippen LogP contribution in [0, 0.1) is 23.2 Å². The topological polar surface area (TPSA) is 43.1 Å². The van der Waals surface area contributed by atoms with Gasteiger partial charge in [0.25, 0.3) is 0 Å². The predicted molar refractivity (Wildman–Crippen MR) is 49.7 cm³/mol. The van der Waals surface area contributed by atoms with Gasteiger partial charge < -0.3 is 5.73 Å². The highest BCUT2D eigenvalue weighted by atomic mass is 16.1. The van der Waals surface area contributed by atoms with E-state index in [0.717, 1.165) is 6.42 Å². The summed E-state index contributed by atoms with van der Waals surface area (Å²) in [6, 6.07) is 0. The molecule has 0 radical (unpaired) electrons. The third kappa shape index (κ3) is 0.812. The molecular formula is C11H15NO. The average Bonchev–Trinajstić information content (AvgIpc) is 2.76. The van der Waals surface area contributed by atoms with Crippen LogP contribution in [0.25, 0.3) is 0 Å². The summed E-state index contributed by atoms with van der Waals surface area (Å²) in [5.74, 6) is 1.71. The van der Waals surface area contributed by atoms with E-state index in [-0.39, 0.29) is 11.3 Å². The molecular weight excluding hydrogens is 162 g/mol. The molecule has 2 saturated carbocycles. The lowest BCUT2D eigenvalue weighted by Crippen LogP contribution is -2.42. The van der Waals surface area contributed by atoms with Gasteiger partial charge in [0.05, 0.1) is 5.41 Å². The van der Waals surface area contributed by atoms with Crippen molar-refractivity contribution in [2.24, 2.45) is 28.9 Å². The molecule has 0 saturated heterocycles. The van der Waals surface area contributed by atoms with Crippen molar-refractivity contribution in [1.82, 2.24) is 0 Å². The van der Waals surface area contributed by atoms with Crippen molar-refractivity contribution in [3.05, 3.63) is 12.2 Å². The van der Waals surface area contributed by atoms with Crippen molar-refractivity contribution < 1.29 is 4.79 Å². The summed E-state index contributed by atoms with van der Waals surface area (Å²) in [6.07, 6.45) is 9.17. The number of carbonyl (C=O) groups is 1. The second kappa shape index (κ2) is 2.17. The number of hydrogen-bond donors (Lipinski definition) is 1. The molecule has 3 aliphatic carbocycles. The highest BCUT2D eigenvalue weighted by molar-refractivity contribution is 5.83. The van der Waals surface area contributed by atoms with Crippen LogP contribution in [0.4, 0.5) is 0 Å². The number of carbonyl (C=O) groups excluding carboxylic acids is 1. The number of nitrogens with two attached hydrogens (primary N) is 1. The summed E-state index contributed by atoms with van der Waals surface area (Å²) >= 11 is 0. The van der Waals surface area contributed by atoms with E-state index in [1.54, 1.807) is 0 Å². The lowest BCUT2D eigenvalue weighted by atomic mass is 9.71. The molecule has 3 atom stereocenters. The summed E-state index contributed by atoms with van der Waals surface area (Å²) < 4.78 is 0. The summed E-state index contributed by atoms with van der Waals surface area (Å²) in [4.78, 5) is 11.6. The van der Waals surface area contributed by atoms with Gasteiger partial charge in [0.2, 0.25) is 5.91 Å². The van der Waals surface area contributed by atoms with Crippen LogP contribution < -0.4 is 5.73 Å². The van der Waals surface area contributed by atoms with Gasteiger partial charge in [-0.3, -0.25) is 4.79 Å². The van der Waals surface area contributed by atoms with E-state index in [4.69, 9.17) is 5.73 Å². The molecule has 2 nitrogen and oxygen atoms in total. The van der Waals surface area contributed by atoms with Crippen LogP contribution in [-0.4, -0.2) is 5.91 Å². The fourth-order valence-electron chi connectivity index (χ4n) is 3.45. The molecule has 2 N–H and O–H groups in total. The molecule has 13 heavy (non-hydrogen) atoms. The Labute approximate surface area is 78.2 Å². The van der Waals surface area contributed by atoms with Crippen molar-refractivity contribution in [1.29, 1.82) is 0 Å². The van der Waals surface area contributed by atoms with E-state index in [1.807, 2.05) is 0 Å². The Kier molecular flexibility index (Phi) is 1.27. The third-order valence-corrected chi connectivity index (χ3v) is 4.20. The number of allylic oxidation sites excluding steroid dienone is 2. The zero-order valence-corrected chi connectivity index (χ0v) is 7.70. The second-order valence-corrected chi connectivity index (χ2v) is 4.87. The summed E-state index contributed by atoms with van der Waals surface area (Å²) in [5, 5.41) is 0. The summed E-state index contributed by atoms with van der Waals surface area (Å²) in [7, 11) is 0. The van der Waals surface area contributed by atoms with E-state index < -0.39 is 0 Å². The van der Waals surface area contributed by atoms with Gasteiger partial charge in [0.1, 0.15) is 0 Å². The van der Waals surface area contributed by atoms with Crippen molar-refractivity contribution in [2.45, 2.75) is 25.7 Å². The molecule has 2 fully saturated rings. The highest BCUT2D eigenvalue weighted by Crippen LogP contribution is 2.62. The van der Waals surface area contributed by atoms with Crippen LogP contribution in [0.1, 0.15) is 25.7 Å². The zero-order valence-electron chi connectivity index (χ0n) is 7.70. The Balaban J connectivity index is 2.00. The molecule has 3 rings (SSSR count). The lowest BCUT2D eigenvalue weighted by Gasteiger charge is -2.32. The quantitative estimate of drug-likeness (QED) is 0.638. The summed E-state index contributed by atoms with van der Waals surface area (Å²) in [6.45, 7) is 0. The van der Waals surface area contributed by atoms with Crippen LogP contribution >= 0.6 is 0 Å². The summed E-state index contributed by atoms with van der Waals surface area (Å²) in [5.41, 5.74) is 5.46. The number of fused-ring (bicyclic) bond motifs is 2. The Morgan fingerprint density at radius 3 is 2.54 bits per heavy atom. The van der Waals surface area contributed by atoms with Crippen molar-refractivity contribution in [2.75, 3.05) is 0 Å². The molecule has 2 heteroatoms. The Morgan fingerprint density at radius 1 is 1.38 bits per heavy atom. The van der Waals surface area contributed by atoms with Crippen molar-refractivity contribution >= 4 is 5.91 Å². The molecule has 0 spiro atoms. The molecule has 0 aromatic carbocycles. The van der Waals surface area contributed by atoms with Gasteiger partial charge in [-0.25, -0.2) is 0 Å². The fourth-order valence-corrected chi connectivity index (χ4v) is 3.45. The maximum atomic E-state index is 11.6. The average molecular weight is 177 g/mol. The van der Waals surface area contributed by atoms with Crippen LogP contribution in [0.3, 0.4) is 0 Å². The first-order valence-electron chi connectivity index (χ1n) is 5.21. The van der Waals surface area contributed by atoms with Crippen LogP contribution in [0.2, 0.25) is 0 Å². The number of amides is 1. The highest BCUT2D eigenvalue weighted by Gasteiger charge is 2.59. The predicted octanol–water partition coefficient (Wildman–Crippen LogP) is 1.46. The number of rotatable bonds is 2. The van der Waals surface area contributed by atoms with Gasteiger partial charge in [-0.1, -0.05) is 12.2 Å². The largest absolute Gasteiger partial charge is 0.369 e. The molecule has 70 valence electrons. The minimum atomic E-state index is -0.126. The second-order valence-electron chi connectivity index (χ2n) is 4.87. The van der Waals surface area contributed by atoms with Crippen LogP contribution in [-0.2, 0) is 4.79 Å². The Hall–Kier alpha value is -0.790. The van der Waals surface area contributed by atoms with Gasteiger partial charge in [-0.2, -0.15) is 0 Å². The monoisotopic (exact) mass is 177 g/mol. The molecule has 0 aromatic heterocycles. The molecule has 0 heterocycles. The zero-order chi connectivity index (χ0) is 9.05. The Morgan fingerprint density at radius 2 is 2.15 bits per heavy atom. The maximum Gasteiger partial charge on any atom is 0.224 e. The lowest BCUT2D eigenvalue weighted by molar-refractivity contribution is -0.130. The van der Waals surface area contributed by atoms with E-state index in [9.17, 15) is 4.79 Å². The first-order chi connectivity index (χ1) is 6.23. The van der Waals surface area contributed by atoms with Crippen molar-refractivity contribution in [3.63, 3.8) is 0 Å². The number of primary amides is 1. The number of hydrogen-bond acceptors (Lipinski definition) is 1. The molecule has 3 unspecified atom stereocenters. The normalized spacial score (nSPS) is 47.1. The molecule has 0 aromatic rings. The van der Waals surface area contributed by atoms with E-state index >= 15 is 0 Å². The molecule has 3 aliphatic rings. The van der Waals surface area contributed by atoms with Gasteiger partial charge >= 0.3 is 0 Å². The van der Waals surface area contributed by atoms with Gasteiger partial charge in [0, 0.05) is 0 Å². The van der Waals surface area contributed by atoms with Crippen LogP contribution in [0.15, 0.2) is 12.2 Å². The molecule has 2 bridgehead atoms. The smallest absolute Gasteiger partial charge is 0.224 e.